The van der Waals surface area contributed by atoms with Gasteiger partial charge in [-0.3, -0.25) is 10.4 Å². The van der Waals surface area contributed by atoms with E-state index in [0.717, 1.165) is 44.3 Å². The molecule has 0 saturated heterocycles. The Balaban J connectivity index is 1.61. The normalized spacial score (nSPS) is 11.4. The Labute approximate surface area is 173 Å². The standard InChI is InChI=1S/C22H18Cl2N4/c1-14-11-16(15(2)28(14)19-6-3-17(23)4-7-19)13-26-27-21-9-10-25-22-12-18(24)5-8-20(21)22/h3-13H,1-2H3,(H,25,27)/b26-13-. The maximum Gasteiger partial charge on any atom is 0.0738 e. The van der Waals surface area contributed by atoms with Crippen molar-refractivity contribution in [1.82, 2.24) is 9.55 Å². The summed E-state index contributed by atoms with van der Waals surface area (Å²) < 4.78 is 2.18. The van der Waals surface area contributed by atoms with Gasteiger partial charge in [0, 0.05) is 44.3 Å². The van der Waals surface area contributed by atoms with Crippen molar-refractivity contribution in [3.8, 4) is 5.69 Å². The van der Waals surface area contributed by atoms with Gasteiger partial charge in [0.15, 0.2) is 0 Å². The van der Waals surface area contributed by atoms with Gasteiger partial charge in [-0.05, 0) is 68.4 Å². The highest BCUT2D eigenvalue weighted by molar-refractivity contribution is 6.31. The van der Waals surface area contributed by atoms with Crippen LogP contribution in [0.5, 0.6) is 0 Å². The van der Waals surface area contributed by atoms with E-state index in [4.69, 9.17) is 23.2 Å². The van der Waals surface area contributed by atoms with Gasteiger partial charge in [0.25, 0.3) is 0 Å². The van der Waals surface area contributed by atoms with Crippen LogP contribution in [0.2, 0.25) is 10.0 Å². The molecule has 0 saturated carbocycles. The van der Waals surface area contributed by atoms with Crippen LogP contribution in [0.4, 0.5) is 5.69 Å². The number of rotatable bonds is 4. The lowest BCUT2D eigenvalue weighted by atomic mass is 10.2. The molecule has 0 aliphatic rings. The average Bonchev–Trinajstić information content (AvgIpc) is 2.96. The number of hydrazone groups is 1. The highest BCUT2D eigenvalue weighted by Gasteiger charge is 2.09. The predicted octanol–water partition coefficient (Wildman–Crippen LogP) is 6.40. The molecule has 140 valence electrons. The third kappa shape index (κ3) is 3.61. The van der Waals surface area contributed by atoms with Gasteiger partial charge in [-0.15, -0.1) is 0 Å². The molecule has 4 aromatic rings. The van der Waals surface area contributed by atoms with Gasteiger partial charge in [0.1, 0.15) is 0 Å². The number of fused-ring (bicyclic) bond motifs is 1. The Bertz CT molecular complexity index is 1180. The number of hydrogen-bond donors (Lipinski definition) is 1. The number of pyridine rings is 1. The van der Waals surface area contributed by atoms with Crippen LogP contribution in [0, 0.1) is 13.8 Å². The van der Waals surface area contributed by atoms with Crippen molar-refractivity contribution >= 4 is 46.0 Å². The summed E-state index contributed by atoms with van der Waals surface area (Å²) >= 11 is 12.1. The van der Waals surface area contributed by atoms with Crippen LogP contribution < -0.4 is 5.43 Å². The van der Waals surface area contributed by atoms with E-state index in [9.17, 15) is 0 Å². The lowest BCUT2D eigenvalue weighted by molar-refractivity contribution is 0.965. The minimum absolute atomic E-state index is 0.662. The molecule has 0 bridgehead atoms. The fraction of sp³-hybridized carbons (Fsp3) is 0.0909. The van der Waals surface area contributed by atoms with Crippen LogP contribution in [0.3, 0.4) is 0 Å². The van der Waals surface area contributed by atoms with E-state index in [1.807, 2.05) is 54.7 Å². The molecule has 0 atom stereocenters. The molecule has 6 heteroatoms. The zero-order valence-corrected chi connectivity index (χ0v) is 17.0. The smallest absolute Gasteiger partial charge is 0.0738 e. The summed E-state index contributed by atoms with van der Waals surface area (Å²) in [4.78, 5) is 4.35. The molecule has 2 aromatic carbocycles. The van der Waals surface area contributed by atoms with Gasteiger partial charge in [-0.1, -0.05) is 23.2 Å². The fourth-order valence-electron chi connectivity index (χ4n) is 3.30. The van der Waals surface area contributed by atoms with Crippen LogP contribution in [0.25, 0.3) is 16.6 Å². The monoisotopic (exact) mass is 408 g/mol. The van der Waals surface area contributed by atoms with E-state index < -0.39 is 0 Å². The van der Waals surface area contributed by atoms with Crippen LogP contribution in [-0.4, -0.2) is 15.8 Å². The van der Waals surface area contributed by atoms with Crippen molar-refractivity contribution in [2.24, 2.45) is 5.10 Å². The van der Waals surface area contributed by atoms with Crippen LogP contribution in [0.1, 0.15) is 17.0 Å². The molecule has 0 unspecified atom stereocenters. The molecule has 0 amide bonds. The zero-order chi connectivity index (χ0) is 19.7. The van der Waals surface area contributed by atoms with Gasteiger partial charge < -0.3 is 4.57 Å². The van der Waals surface area contributed by atoms with Gasteiger partial charge in [0.05, 0.1) is 17.4 Å². The maximum atomic E-state index is 6.05. The van der Waals surface area contributed by atoms with Crippen molar-refractivity contribution < 1.29 is 0 Å². The number of hydrogen-bond acceptors (Lipinski definition) is 3. The van der Waals surface area contributed by atoms with E-state index in [2.05, 4.69) is 40.0 Å². The minimum atomic E-state index is 0.662. The van der Waals surface area contributed by atoms with Crippen molar-refractivity contribution in [3.63, 3.8) is 0 Å². The first-order chi connectivity index (χ1) is 13.5. The number of aromatic nitrogens is 2. The van der Waals surface area contributed by atoms with E-state index >= 15 is 0 Å². The van der Waals surface area contributed by atoms with E-state index in [1.54, 1.807) is 6.20 Å². The molecule has 28 heavy (non-hydrogen) atoms. The van der Waals surface area contributed by atoms with Crippen LogP contribution >= 0.6 is 23.2 Å². The zero-order valence-electron chi connectivity index (χ0n) is 15.4. The first-order valence-electron chi connectivity index (χ1n) is 8.81. The number of anilines is 1. The highest BCUT2D eigenvalue weighted by atomic mass is 35.5. The molecule has 0 radical (unpaired) electrons. The van der Waals surface area contributed by atoms with Gasteiger partial charge in [-0.25, -0.2) is 0 Å². The number of halogens is 2. The first-order valence-corrected chi connectivity index (χ1v) is 9.57. The molecular weight excluding hydrogens is 391 g/mol. The molecule has 2 aromatic heterocycles. The Morgan fingerprint density at radius 3 is 2.50 bits per heavy atom. The SMILES string of the molecule is Cc1cc(/C=N\Nc2ccnc3cc(Cl)ccc23)c(C)n1-c1ccc(Cl)cc1. The topological polar surface area (TPSA) is 42.2 Å². The second-order valence-electron chi connectivity index (χ2n) is 6.53. The summed E-state index contributed by atoms with van der Waals surface area (Å²) in [6.07, 6.45) is 3.57. The van der Waals surface area contributed by atoms with Crippen molar-refractivity contribution in [3.05, 3.63) is 87.8 Å². The Morgan fingerprint density at radius 2 is 1.71 bits per heavy atom. The first kappa shape index (κ1) is 18.5. The molecular formula is C22H18Cl2N4. The Morgan fingerprint density at radius 1 is 0.964 bits per heavy atom. The molecule has 1 N–H and O–H groups in total. The summed E-state index contributed by atoms with van der Waals surface area (Å²) in [7, 11) is 0. The molecule has 0 spiro atoms. The maximum absolute atomic E-state index is 6.05. The number of aryl methyl sites for hydroxylation is 1. The molecule has 4 rings (SSSR count). The van der Waals surface area contributed by atoms with E-state index in [-0.39, 0.29) is 0 Å². The largest absolute Gasteiger partial charge is 0.318 e. The summed E-state index contributed by atoms with van der Waals surface area (Å²) in [5.41, 5.74) is 9.18. The number of benzene rings is 2. The highest BCUT2D eigenvalue weighted by Crippen LogP contribution is 2.25. The number of nitrogens with zero attached hydrogens (tertiary/aromatic N) is 3. The molecule has 0 aliphatic carbocycles. The van der Waals surface area contributed by atoms with Crippen molar-refractivity contribution in [1.29, 1.82) is 0 Å². The average molecular weight is 409 g/mol. The summed E-state index contributed by atoms with van der Waals surface area (Å²) in [6, 6.07) is 17.4. The predicted molar refractivity (Wildman–Crippen MR) is 118 cm³/mol. The molecule has 0 fully saturated rings. The fourth-order valence-corrected chi connectivity index (χ4v) is 3.59. The summed E-state index contributed by atoms with van der Waals surface area (Å²) in [5.74, 6) is 0. The minimum Gasteiger partial charge on any atom is -0.318 e. The lowest BCUT2D eigenvalue weighted by Crippen LogP contribution is -1.99. The van der Waals surface area contributed by atoms with Gasteiger partial charge in [-0.2, -0.15) is 5.10 Å². The Hall–Kier alpha value is -2.82. The summed E-state index contributed by atoms with van der Waals surface area (Å²) in [6.45, 7) is 4.15. The molecule has 0 aliphatic heterocycles. The third-order valence-electron chi connectivity index (χ3n) is 4.65. The lowest BCUT2D eigenvalue weighted by Gasteiger charge is -2.09. The van der Waals surface area contributed by atoms with Gasteiger partial charge >= 0.3 is 0 Å². The second kappa shape index (κ2) is 7.66. The quantitative estimate of drug-likeness (QED) is 0.313. The van der Waals surface area contributed by atoms with Crippen molar-refractivity contribution in [2.45, 2.75) is 13.8 Å². The Kier molecular flexibility index (Phi) is 5.07. The molecule has 2 heterocycles. The van der Waals surface area contributed by atoms with Crippen LogP contribution in [0.15, 0.2) is 65.9 Å². The third-order valence-corrected chi connectivity index (χ3v) is 5.14. The molecule has 4 nitrogen and oxygen atoms in total. The van der Waals surface area contributed by atoms with E-state index in [1.165, 1.54) is 0 Å². The summed E-state index contributed by atoms with van der Waals surface area (Å²) in [5, 5.41) is 6.79. The van der Waals surface area contributed by atoms with Crippen molar-refractivity contribution in [2.75, 3.05) is 5.43 Å². The van der Waals surface area contributed by atoms with Crippen LogP contribution in [-0.2, 0) is 0 Å². The second-order valence-corrected chi connectivity index (χ2v) is 7.40. The number of nitrogens with one attached hydrogen (secondary N) is 1. The van der Waals surface area contributed by atoms with E-state index in [0.29, 0.717) is 5.02 Å². The van der Waals surface area contributed by atoms with Gasteiger partial charge in [0.2, 0.25) is 0 Å².